The molecule has 0 bridgehead atoms. The molecule has 2 aromatic rings. The van der Waals surface area contributed by atoms with Crippen molar-refractivity contribution < 1.29 is 9.21 Å². The van der Waals surface area contributed by atoms with Crippen LogP contribution in [0.2, 0.25) is 0 Å². The molecule has 0 aliphatic carbocycles. The lowest BCUT2D eigenvalue weighted by Crippen LogP contribution is -2.29. The van der Waals surface area contributed by atoms with E-state index in [2.05, 4.69) is 27.3 Å². The monoisotopic (exact) mass is 299 g/mol. The summed E-state index contributed by atoms with van der Waals surface area (Å²) in [5, 5.41) is 2.89. The zero-order chi connectivity index (χ0) is 15.4. The molecular weight excluding hydrogens is 278 g/mol. The first-order valence-corrected chi connectivity index (χ1v) is 7.76. The maximum absolute atomic E-state index is 12.0. The standard InChI is InChI=1S/C17H21N3O2/c1-13-16(22-12-18-13)11-17(21)19-14-5-7-15(8-6-14)20-9-3-2-4-10-20/h5-8,12H,2-4,9-11H2,1H3,(H,19,21). The molecule has 1 aliphatic heterocycles. The van der Waals surface area contributed by atoms with Crippen LogP contribution in [0.25, 0.3) is 0 Å². The summed E-state index contributed by atoms with van der Waals surface area (Å²) in [5.74, 6) is 0.521. The number of aryl methyl sites for hydroxylation is 1. The molecule has 5 nitrogen and oxygen atoms in total. The molecule has 0 atom stereocenters. The Morgan fingerprint density at radius 2 is 1.95 bits per heavy atom. The second-order valence-electron chi connectivity index (χ2n) is 5.68. The van der Waals surface area contributed by atoms with E-state index >= 15 is 0 Å². The van der Waals surface area contributed by atoms with Crippen LogP contribution in [-0.2, 0) is 11.2 Å². The topological polar surface area (TPSA) is 58.4 Å². The van der Waals surface area contributed by atoms with Crippen LogP contribution in [0.4, 0.5) is 11.4 Å². The predicted octanol–water partition coefficient (Wildman–Crippen LogP) is 3.15. The van der Waals surface area contributed by atoms with E-state index in [-0.39, 0.29) is 12.3 Å². The Labute approximate surface area is 130 Å². The number of amides is 1. The minimum atomic E-state index is -0.0921. The number of piperidine rings is 1. The fraction of sp³-hybridized carbons (Fsp3) is 0.412. The molecular formula is C17H21N3O2. The summed E-state index contributed by atoms with van der Waals surface area (Å²) < 4.78 is 5.19. The van der Waals surface area contributed by atoms with Crippen LogP contribution in [0.15, 0.2) is 35.1 Å². The third-order valence-corrected chi connectivity index (χ3v) is 4.04. The quantitative estimate of drug-likeness (QED) is 0.942. The van der Waals surface area contributed by atoms with Crippen molar-refractivity contribution in [2.45, 2.75) is 32.6 Å². The van der Waals surface area contributed by atoms with Crippen LogP contribution in [0.1, 0.15) is 30.7 Å². The Bertz CT molecular complexity index is 628. The number of nitrogens with zero attached hydrogens (tertiary/aromatic N) is 2. The molecule has 0 unspecified atom stereocenters. The highest BCUT2D eigenvalue weighted by atomic mass is 16.3. The maximum Gasteiger partial charge on any atom is 0.232 e. The van der Waals surface area contributed by atoms with E-state index in [1.54, 1.807) is 0 Å². The van der Waals surface area contributed by atoms with Crippen molar-refractivity contribution in [3.8, 4) is 0 Å². The van der Waals surface area contributed by atoms with Gasteiger partial charge in [-0.05, 0) is 50.5 Å². The summed E-state index contributed by atoms with van der Waals surface area (Å²) in [7, 11) is 0. The molecule has 1 amide bonds. The number of nitrogens with one attached hydrogen (secondary N) is 1. The Morgan fingerprint density at radius 3 is 2.59 bits per heavy atom. The smallest absolute Gasteiger partial charge is 0.232 e. The predicted molar refractivity (Wildman–Crippen MR) is 86.1 cm³/mol. The minimum Gasteiger partial charge on any atom is -0.448 e. The number of carbonyl (C=O) groups is 1. The van der Waals surface area contributed by atoms with Crippen molar-refractivity contribution in [1.82, 2.24) is 4.98 Å². The number of hydrogen-bond donors (Lipinski definition) is 1. The number of hydrogen-bond acceptors (Lipinski definition) is 4. The lowest BCUT2D eigenvalue weighted by atomic mass is 10.1. The van der Waals surface area contributed by atoms with E-state index in [1.165, 1.54) is 31.3 Å². The highest BCUT2D eigenvalue weighted by molar-refractivity contribution is 5.92. The Balaban J connectivity index is 1.58. The zero-order valence-electron chi connectivity index (χ0n) is 12.8. The lowest BCUT2D eigenvalue weighted by molar-refractivity contribution is -0.115. The summed E-state index contributed by atoms with van der Waals surface area (Å²) in [4.78, 5) is 18.4. The van der Waals surface area contributed by atoms with Gasteiger partial charge in [0.25, 0.3) is 0 Å². The van der Waals surface area contributed by atoms with Crippen molar-refractivity contribution in [1.29, 1.82) is 0 Å². The molecule has 22 heavy (non-hydrogen) atoms. The molecule has 1 saturated heterocycles. The van der Waals surface area contributed by atoms with Gasteiger partial charge in [-0.1, -0.05) is 0 Å². The number of carbonyl (C=O) groups excluding carboxylic acids is 1. The highest BCUT2D eigenvalue weighted by Gasteiger charge is 2.12. The fourth-order valence-electron chi connectivity index (χ4n) is 2.75. The highest BCUT2D eigenvalue weighted by Crippen LogP contribution is 2.22. The molecule has 116 valence electrons. The van der Waals surface area contributed by atoms with Gasteiger partial charge in [-0.2, -0.15) is 0 Å². The lowest BCUT2D eigenvalue weighted by Gasteiger charge is -2.28. The Hall–Kier alpha value is -2.30. The SMILES string of the molecule is Cc1ncoc1CC(=O)Nc1ccc(N2CCCCC2)cc1. The molecule has 0 radical (unpaired) electrons. The first-order valence-electron chi connectivity index (χ1n) is 7.76. The summed E-state index contributed by atoms with van der Waals surface area (Å²) in [6, 6.07) is 8.05. The normalized spacial score (nSPS) is 14.9. The average Bonchev–Trinajstić information content (AvgIpc) is 2.94. The van der Waals surface area contributed by atoms with Crippen molar-refractivity contribution in [3.05, 3.63) is 42.1 Å². The molecule has 1 aromatic heterocycles. The van der Waals surface area contributed by atoms with Crippen LogP contribution in [0, 0.1) is 6.92 Å². The average molecular weight is 299 g/mol. The van der Waals surface area contributed by atoms with Gasteiger partial charge >= 0.3 is 0 Å². The van der Waals surface area contributed by atoms with Crippen LogP contribution in [0.5, 0.6) is 0 Å². The van der Waals surface area contributed by atoms with Crippen LogP contribution in [0.3, 0.4) is 0 Å². The molecule has 2 heterocycles. The van der Waals surface area contributed by atoms with Gasteiger partial charge in [0.1, 0.15) is 5.76 Å². The van der Waals surface area contributed by atoms with Crippen molar-refractivity contribution in [2.75, 3.05) is 23.3 Å². The molecule has 1 aliphatic rings. The summed E-state index contributed by atoms with van der Waals surface area (Å²) >= 11 is 0. The largest absolute Gasteiger partial charge is 0.448 e. The molecule has 1 fully saturated rings. The van der Waals surface area contributed by atoms with Crippen LogP contribution in [-0.4, -0.2) is 24.0 Å². The van der Waals surface area contributed by atoms with E-state index in [0.717, 1.165) is 24.5 Å². The molecule has 0 saturated carbocycles. The van der Waals surface area contributed by atoms with Crippen LogP contribution < -0.4 is 10.2 Å². The number of benzene rings is 1. The zero-order valence-corrected chi connectivity index (χ0v) is 12.8. The number of anilines is 2. The van der Waals surface area contributed by atoms with E-state index in [1.807, 2.05) is 19.1 Å². The van der Waals surface area contributed by atoms with Gasteiger partial charge in [0.15, 0.2) is 6.39 Å². The summed E-state index contributed by atoms with van der Waals surface area (Å²) in [5.41, 5.74) is 2.79. The maximum atomic E-state index is 12.0. The van der Waals surface area contributed by atoms with Gasteiger partial charge in [-0.3, -0.25) is 4.79 Å². The van der Waals surface area contributed by atoms with E-state index in [0.29, 0.717) is 5.76 Å². The second kappa shape index (κ2) is 6.64. The summed E-state index contributed by atoms with van der Waals surface area (Å²) in [6.45, 7) is 4.08. The first-order chi connectivity index (χ1) is 10.7. The summed E-state index contributed by atoms with van der Waals surface area (Å²) in [6.07, 6.45) is 5.42. The van der Waals surface area contributed by atoms with Gasteiger partial charge in [-0.15, -0.1) is 0 Å². The fourth-order valence-corrected chi connectivity index (χ4v) is 2.75. The van der Waals surface area contributed by atoms with Gasteiger partial charge < -0.3 is 14.6 Å². The van der Waals surface area contributed by atoms with Gasteiger partial charge in [0.05, 0.1) is 12.1 Å². The number of rotatable bonds is 4. The van der Waals surface area contributed by atoms with Gasteiger partial charge in [-0.25, -0.2) is 4.98 Å². The molecule has 3 rings (SSSR count). The van der Waals surface area contributed by atoms with E-state index in [9.17, 15) is 4.79 Å². The Kier molecular flexibility index (Phi) is 4.42. The van der Waals surface area contributed by atoms with E-state index < -0.39 is 0 Å². The third kappa shape index (κ3) is 3.47. The van der Waals surface area contributed by atoms with Gasteiger partial charge in [0, 0.05) is 24.5 Å². The number of aromatic nitrogens is 1. The molecule has 5 heteroatoms. The first kappa shape index (κ1) is 14.6. The van der Waals surface area contributed by atoms with Gasteiger partial charge in [0.2, 0.25) is 5.91 Å². The third-order valence-electron chi connectivity index (χ3n) is 4.04. The Morgan fingerprint density at radius 1 is 1.23 bits per heavy atom. The molecule has 0 spiro atoms. The molecule has 1 aromatic carbocycles. The second-order valence-corrected chi connectivity index (χ2v) is 5.68. The van der Waals surface area contributed by atoms with Crippen molar-refractivity contribution in [2.24, 2.45) is 0 Å². The van der Waals surface area contributed by atoms with E-state index in [4.69, 9.17) is 4.42 Å². The van der Waals surface area contributed by atoms with Crippen molar-refractivity contribution in [3.63, 3.8) is 0 Å². The molecule has 1 N–H and O–H groups in total. The van der Waals surface area contributed by atoms with Crippen LogP contribution >= 0.6 is 0 Å². The minimum absolute atomic E-state index is 0.0921. The van der Waals surface area contributed by atoms with Crippen molar-refractivity contribution >= 4 is 17.3 Å². The number of oxazole rings is 1.